The number of sulfonamides is 1. The molecule has 6 nitrogen and oxygen atoms in total. The largest absolute Gasteiger partial charge is 0.272 e. The Bertz CT molecular complexity index is 1130. The summed E-state index contributed by atoms with van der Waals surface area (Å²) in [6.45, 7) is -0.151. The molecule has 1 N–H and O–H groups in total. The van der Waals surface area contributed by atoms with Gasteiger partial charge in [-0.25, -0.2) is 13.8 Å². The molecule has 0 saturated carbocycles. The van der Waals surface area contributed by atoms with Gasteiger partial charge in [-0.05, 0) is 48.1 Å². The van der Waals surface area contributed by atoms with Gasteiger partial charge in [0.05, 0.1) is 17.7 Å². The second-order valence-electron chi connectivity index (χ2n) is 6.95. The van der Waals surface area contributed by atoms with Gasteiger partial charge in [0.1, 0.15) is 0 Å². The van der Waals surface area contributed by atoms with Gasteiger partial charge in [-0.3, -0.25) is 4.79 Å². The van der Waals surface area contributed by atoms with Crippen LogP contribution in [0.4, 0.5) is 0 Å². The molecule has 3 aromatic rings. The number of thioether (sulfide) groups is 1. The number of hydrogen-bond donors (Lipinski definition) is 1. The summed E-state index contributed by atoms with van der Waals surface area (Å²) in [5.41, 5.74) is 4.26. The molecule has 0 atom stereocenters. The molecule has 0 fully saturated rings. The van der Waals surface area contributed by atoms with E-state index in [4.69, 9.17) is 0 Å². The molecular weight excluding hydrogens is 442 g/mol. The maximum Gasteiger partial charge on any atom is 0.255 e. The first-order valence-electron chi connectivity index (χ1n) is 10.0. The number of nitrogens with one attached hydrogen (secondary N) is 1. The van der Waals surface area contributed by atoms with Gasteiger partial charge in [-0.15, -0.1) is 11.8 Å². The first kappa shape index (κ1) is 23.7. The number of hydrogen-bond acceptors (Lipinski definition) is 5. The van der Waals surface area contributed by atoms with Gasteiger partial charge < -0.3 is 0 Å². The van der Waals surface area contributed by atoms with Crippen molar-refractivity contribution in [2.75, 3.05) is 19.3 Å². The van der Waals surface area contributed by atoms with E-state index < -0.39 is 15.9 Å². The number of hydrazone groups is 1. The summed E-state index contributed by atoms with van der Waals surface area (Å²) in [4.78, 5) is 13.8. The normalized spacial score (nSPS) is 11.7. The summed E-state index contributed by atoms with van der Waals surface area (Å²) in [6.07, 6.45) is 4.02. The zero-order valence-corrected chi connectivity index (χ0v) is 19.4. The summed E-state index contributed by atoms with van der Waals surface area (Å²) >= 11 is 1.64. The molecule has 0 heterocycles. The zero-order valence-electron chi connectivity index (χ0n) is 17.7. The monoisotopic (exact) mass is 467 g/mol. The van der Waals surface area contributed by atoms with Crippen LogP contribution >= 0.6 is 11.8 Å². The van der Waals surface area contributed by atoms with Gasteiger partial charge in [-0.1, -0.05) is 60.7 Å². The highest BCUT2D eigenvalue weighted by atomic mass is 32.2. The van der Waals surface area contributed by atoms with Crippen molar-refractivity contribution in [1.82, 2.24) is 9.73 Å². The minimum absolute atomic E-state index is 0.151. The number of carbonyl (C=O) groups is 1. The lowest BCUT2D eigenvalue weighted by Crippen LogP contribution is -2.40. The van der Waals surface area contributed by atoms with Gasteiger partial charge in [-0.2, -0.15) is 9.41 Å². The van der Waals surface area contributed by atoms with Crippen molar-refractivity contribution in [2.45, 2.75) is 16.2 Å². The van der Waals surface area contributed by atoms with Crippen molar-refractivity contribution in [1.29, 1.82) is 0 Å². The van der Waals surface area contributed by atoms with E-state index in [1.807, 2.05) is 60.9 Å². The Morgan fingerprint density at radius 2 is 1.59 bits per heavy atom. The third-order valence-electron chi connectivity index (χ3n) is 4.71. The van der Waals surface area contributed by atoms with Crippen LogP contribution in [0.2, 0.25) is 0 Å². The predicted octanol–water partition coefficient (Wildman–Crippen LogP) is 3.79. The van der Waals surface area contributed by atoms with Crippen molar-refractivity contribution in [3.05, 3.63) is 96.1 Å². The number of carbonyl (C=O) groups excluding carboxylic acids is 1. The summed E-state index contributed by atoms with van der Waals surface area (Å²) < 4.78 is 27.5. The van der Waals surface area contributed by atoms with Crippen LogP contribution in [-0.4, -0.2) is 44.2 Å². The number of amides is 1. The minimum Gasteiger partial charge on any atom is -0.272 e. The number of nitrogens with zero attached hydrogens (tertiary/aromatic N) is 2. The van der Waals surface area contributed by atoms with Gasteiger partial charge in [0.25, 0.3) is 5.91 Å². The predicted molar refractivity (Wildman–Crippen MR) is 129 cm³/mol. The Labute approximate surface area is 193 Å². The lowest BCUT2D eigenvalue weighted by Gasteiger charge is -2.21. The molecule has 0 aliphatic heterocycles. The Kier molecular flexibility index (Phi) is 8.61. The molecule has 3 rings (SSSR count). The molecule has 0 unspecified atom stereocenters. The first-order valence-corrected chi connectivity index (χ1v) is 12.7. The quantitative estimate of drug-likeness (QED) is 0.280. The van der Waals surface area contributed by atoms with Gasteiger partial charge in [0, 0.05) is 11.4 Å². The highest BCUT2D eigenvalue weighted by Crippen LogP contribution is 2.16. The molecule has 0 aliphatic rings. The second kappa shape index (κ2) is 11.6. The molecule has 0 saturated heterocycles. The molecule has 0 radical (unpaired) electrons. The molecule has 0 spiro atoms. The van der Waals surface area contributed by atoms with Crippen molar-refractivity contribution < 1.29 is 13.2 Å². The Morgan fingerprint density at radius 1 is 0.969 bits per heavy atom. The fraction of sp³-hybridized carbons (Fsp3) is 0.167. The maximum atomic E-state index is 13.2. The molecule has 166 valence electrons. The lowest BCUT2D eigenvalue weighted by molar-refractivity contribution is -0.121. The number of rotatable bonds is 10. The topological polar surface area (TPSA) is 78.8 Å². The van der Waals surface area contributed by atoms with E-state index in [1.165, 1.54) is 22.7 Å². The molecule has 0 bridgehead atoms. The second-order valence-corrected chi connectivity index (χ2v) is 9.77. The smallest absolute Gasteiger partial charge is 0.255 e. The van der Waals surface area contributed by atoms with Crippen molar-refractivity contribution >= 4 is 33.9 Å². The van der Waals surface area contributed by atoms with E-state index >= 15 is 0 Å². The summed E-state index contributed by atoms with van der Waals surface area (Å²) in [6, 6.07) is 25.4. The third kappa shape index (κ3) is 6.78. The average Bonchev–Trinajstić information content (AvgIpc) is 2.83. The fourth-order valence-electron chi connectivity index (χ4n) is 2.99. The molecule has 3 aromatic carbocycles. The summed E-state index contributed by atoms with van der Waals surface area (Å²) in [5.74, 6) is -0.505. The SMILES string of the molecule is CSc1ccc(/C=N\NC(=O)CN(CCc2ccccc2)S(=O)(=O)c2ccccc2)cc1. The number of benzene rings is 3. The highest BCUT2D eigenvalue weighted by molar-refractivity contribution is 7.98. The van der Waals surface area contributed by atoms with Crippen molar-refractivity contribution in [2.24, 2.45) is 5.10 Å². The Hall–Kier alpha value is -2.94. The zero-order chi connectivity index (χ0) is 22.8. The van der Waals surface area contributed by atoms with Gasteiger partial charge in [0.2, 0.25) is 10.0 Å². The molecule has 32 heavy (non-hydrogen) atoms. The molecule has 8 heteroatoms. The van der Waals surface area contributed by atoms with Crippen LogP contribution in [0.3, 0.4) is 0 Å². The molecular formula is C24H25N3O3S2. The average molecular weight is 468 g/mol. The highest BCUT2D eigenvalue weighted by Gasteiger charge is 2.26. The first-order chi connectivity index (χ1) is 15.5. The Morgan fingerprint density at radius 3 is 2.22 bits per heavy atom. The lowest BCUT2D eigenvalue weighted by atomic mass is 10.1. The van der Waals surface area contributed by atoms with Gasteiger partial charge in [0.15, 0.2) is 0 Å². The van der Waals surface area contributed by atoms with Crippen molar-refractivity contribution in [3.63, 3.8) is 0 Å². The van der Waals surface area contributed by atoms with E-state index in [9.17, 15) is 13.2 Å². The van der Waals surface area contributed by atoms with E-state index in [2.05, 4.69) is 10.5 Å². The summed E-state index contributed by atoms with van der Waals surface area (Å²) in [5, 5.41) is 3.97. The van der Waals surface area contributed by atoms with Crippen molar-refractivity contribution in [3.8, 4) is 0 Å². The fourth-order valence-corrected chi connectivity index (χ4v) is 4.81. The van der Waals surface area contributed by atoms with Crippen LogP contribution in [-0.2, 0) is 21.2 Å². The standard InChI is InChI=1S/C24H25N3O3S2/c1-31-22-14-12-21(13-15-22)18-25-26-24(28)19-27(17-16-20-8-4-2-5-9-20)32(29,30)23-10-6-3-7-11-23/h2-15,18H,16-17,19H2,1H3,(H,26,28)/b25-18-. The third-order valence-corrected chi connectivity index (χ3v) is 7.32. The van der Waals surface area contributed by atoms with Crippen LogP contribution in [0.1, 0.15) is 11.1 Å². The van der Waals surface area contributed by atoms with E-state index in [1.54, 1.807) is 30.0 Å². The van der Waals surface area contributed by atoms with Crippen LogP contribution in [0.15, 0.2) is 99.8 Å². The molecule has 1 amide bonds. The molecule has 0 aromatic heterocycles. The van der Waals surface area contributed by atoms with E-state index in [0.29, 0.717) is 6.42 Å². The van der Waals surface area contributed by atoms with Crippen LogP contribution < -0.4 is 5.43 Å². The van der Waals surface area contributed by atoms with Crippen LogP contribution in [0.5, 0.6) is 0 Å². The molecule has 0 aliphatic carbocycles. The summed E-state index contributed by atoms with van der Waals surface area (Å²) in [7, 11) is -3.83. The van der Waals surface area contributed by atoms with Crippen LogP contribution in [0.25, 0.3) is 0 Å². The van der Waals surface area contributed by atoms with E-state index in [0.717, 1.165) is 16.0 Å². The maximum absolute atomic E-state index is 13.2. The van der Waals surface area contributed by atoms with E-state index in [-0.39, 0.29) is 18.0 Å². The Balaban J connectivity index is 1.69. The minimum atomic E-state index is -3.83. The van der Waals surface area contributed by atoms with Gasteiger partial charge >= 0.3 is 0 Å². The van der Waals surface area contributed by atoms with Crippen LogP contribution in [0, 0.1) is 0 Å².